The standard InChI is InChI=1S/C8H16N4O3/c1-6-4-7(5-15-6)11(3)8(9-2)10-12(13)14/h6-7H,4-5H2,1-3H3,(H,9,10). The van der Waals surface area contributed by atoms with Crippen molar-refractivity contribution in [1.82, 2.24) is 10.2 Å². The largest absolute Gasteiger partial charge is 0.376 e. The van der Waals surface area contributed by atoms with Crippen LogP contribution in [0.2, 0.25) is 0 Å². The van der Waals surface area contributed by atoms with Crippen LogP contribution in [0.5, 0.6) is 0 Å². The molecule has 1 aliphatic rings. The third kappa shape index (κ3) is 3.05. The molecule has 86 valence electrons. The fraction of sp³-hybridized carbons (Fsp3) is 0.875. The maximum Gasteiger partial charge on any atom is 0.271 e. The Kier molecular flexibility index (Phi) is 3.84. The molecule has 1 aliphatic heterocycles. The van der Waals surface area contributed by atoms with Crippen LogP contribution in [0, 0.1) is 10.1 Å². The van der Waals surface area contributed by atoms with Crippen molar-refractivity contribution in [3.8, 4) is 0 Å². The number of nitrogens with zero attached hydrogens (tertiary/aromatic N) is 3. The van der Waals surface area contributed by atoms with Crippen molar-refractivity contribution in [1.29, 1.82) is 0 Å². The molecule has 0 aromatic carbocycles. The minimum absolute atomic E-state index is 0.145. The van der Waals surface area contributed by atoms with Crippen LogP contribution in [0.1, 0.15) is 13.3 Å². The van der Waals surface area contributed by atoms with Crippen molar-refractivity contribution >= 4 is 5.96 Å². The molecule has 1 heterocycles. The summed E-state index contributed by atoms with van der Waals surface area (Å²) in [5.74, 6) is 0.253. The number of ether oxygens (including phenoxy) is 1. The van der Waals surface area contributed by atoms with Crippen molar-refractivity contribution in [2.24, 2.45) is 5.10 Å². The van der Waals surface area contributed by atoms with E-state index < -0.39 is 5.03 Å². The zero-order valence-electron chi connectivity index (χ0n) is 9.14. The Hall–Kier alpha value is -1.37. The van der Waals surface area contributed by atoms with Gasteiger partial charge in [0.1, 0.15) is 5.10 Å². The first-order chi connectivity index (χ1) is 7.04. The Balaban J connectivity index is 2.64. The van der Waals surface area contributed by atoms with E-state index in [9.17, 15) is 10.1 Å². The molecule has 0 radical (unpaired) electrons. The third-order valence-electron chi connectivity index (χ3n) is 2.46. The molecule has 1 fully saturated rings. The normalized spacial score (nSPS) is 26.5. The average molecular weight is 216 g/mol. The van der Waals surface area contributed by atoms with E-state index in [2.05, 4.69) is 10.4 Å². The zero-order chi connectivity index (χ0) is 11.4. The second-order valence-corrected chi connectivity index (χ2v) is 3.56. The van der Waals surface area contributed by atoms with E-state index in [1.807, 2.05) is 6.92 Å². The van der Waals surface area contributed by atoms with Gasteiger partial charge in [0.25, 0.3) is 5.96 Å². The van der Waals surface area contributed by atoms with Crippen LogP contribution >= 0.6 is 0 Å². The van der Waals surface area contributed by atoms with Crippen molar-refractivity contribution in [3.05, 3.63) is 10.1 Å². The predicted octanol–water partition coefficient (Wildman–Crippen LogP) is -0.137. The highest BCUT2D eigenvalue weighted by molar-refractivity contribution is 5.79. The van der Waals surface area contributed by atoms with E-state index in [0.29, 0.717) is 6.61 Å². The molecule has 0 aromatic heterocycles. The van der Waals surface area contributed by atoms with Crippen LogP contribution in [0.4, 0.5) is 0 Å². The van der Waals surface area contributed by atoms with Crippen molar-refractivity contribution in [2.75, 3.05) is 20.7 Å². The summed E-state index contributed by atoms with van der Waals surface area (Å²) in [7, 11) is 3.38. The second kappa shape index (κ2) is 4.92. The van der Waals surface area contributed by atoms with E-state index in [1.165, 1.54) is 0 Å². The van der Waals surface area contributed by atoms with Gasteiger partial charge in [0.15, 0.2) is 5.03 Å². The minimum atomic E-state index is -0.707. The lowest BCUT2D eigenvalue weighted by molar-refractivity contribution is -0.485. The van der Waals surface area contributed by atoms with Gasteiger partial charge in [0.2, 0.25) is 0 Å². The smallest absolute Gasteiger partial charge is 0.271 e. The number of rotatable bonds is 2. The molecule has 2 unspecified atom stereocenters. The number of hydrazone groups is 1. The van der Waals surface area contributed by atoms with E-state index in [4.69, 9.17) is 4.74 Å². The van der Waals surface area contributed by atoms with E-state index >= 15 is 0 Å². The summed E-state index contributed by atoms with van der Waals surface area (Å²) < 4.78 is 5.39. The lowest BCUT2D eigenvalue weighted by Crippen LogP contribution is -2.44. The molecule has 2 atom stereocenters. The number of guanidine groups is 1. The van der Waals surface area contributed by atoms with Crippen molar-refractivity contribution < 1.29 is 9.77 Å². The summed E-state index contributed by atoms with van der Waals surface area (Å²) in [4.78, 5) is 12.0. The summed E-state index contributed by atoms with van der Waals surface area (Å²) >= 11 is 0. The molecule has 0 amide bonds. The first-order valence-electron chi connectivity index (χ1n) is 4.79. The maximum atomic E-state index is 10.3. The molecule has 15 heavy (non-hydrogen) atoms. The number of hydrogen-bond acceptors (Lipinski definition) is 3. The first-order valence-corrected chi connectivity index (χ1v) is 4.79. The molecule has 7 heteroatoms. The monoisotopic (exact) mass is 216 g/mol. The highest BCUT2D eigenvalue weighted by Crippen LogP contribution is 2.16. The second-order valence-electron chi connectivity index (χ2n) is 3.56. The van der Waals surface area contributed by atoms with Crippen LogP contribution in [-0.2, 0) is 4.74 Å². The number of likely N-dealkylation sites (N-methyl/N-ethyl adjacent to an activating group) is 1. The summed E-state index contributed by atoms with van der Waals surface area (Å²) in [6, 6.07) is 0.145. The van der Waals surface area contributed by atoms with Gasteiger partial charge < -0.3 is 15.0 Å². The Morgan fingerprint density at radius 2 is 2.40 bits per heavy atom. The molecule has 0 spiro atoms. The van der Waals surface area contributed by atoms with Crippen LogP contribution in [0.15, 0.2) is 5.10 Å². The molecule has 0 aliphatic carbocycles. The average Bonchev–Trinajstić information content (AvgIpc) is 2.60. The predicted molar refractivity (Wildman–Crippen MR) is 55.1 cm³/mol. The first kappa shape index (κ1) is 11.7. The van der Waals surface area contributed by atoms with Crippen molar-refractivity contribution in [3.63, 3.8) is 0 Å². The van der Waals surface area contributed by atoms with Gasteiger partial charge in [-0.1, -0.05) is 0 Å². The maximum absolute atomic E-state index is 10.3. The fourth-order valence-electron chi connectivity index (χ4n) is 1.61. The topological polar surface area (TPSA) is 80.0 Å². The molecule has 7 nitrogen and oxygen atoms in total. The minimum Gasteiger partial charge on any atom is -0.376 e. The molecule has 1 saturated heterocycles. The number of hydrogen-bond donors (Lipinski definition) is 1. The Bertz CT molecular complexity index is 269. The van der Waals surface area contributed by atoms with Gasteiger partial charge in [-0.15, -0.1) is 0 Å². The Labute approximate surface area is 88.2 Å². The van der Waals surface area contributed by atoms with Crippen LogP contribution in [0.25, 0.3) is 0 Å². The van der Waals surface area contributed by atoms with Crippen LogP contribution < -0.4 is 5.32 Å². The van der Waals surface area contributed by atoms with E-state index in [-0.39, 0.29) is 18.1 Å². The Morgan fingerprint density at radius 3 is 2.80 bits per heavy atom. The molecule has 0 aromatic rings. The quantitative estimate of drug-likeness (QED) is 0.301. The lowest BCUT2D eigenvalue weighted by Gasteiger charge is -2.24. The summed E-state index contributed by atoms with van der Waals surface area (Å²) in [6.07, 6.45) is 1.06. The molecule has 1 N–H and O–H groups in total. The fourth-order valence-corrected chi connectivity index (χ4v) is 1.61. The molecule has 1 rings (SSSR count). The van der Waals surface area contributed by atoms with E-state index in [0.717, 1.165) is 6.42 Å². The van der Waals surface area contributed by atoms with Gasteiger partial charge in [-0.05, 0) is 13.3 Å². The zero-order valence-corrected chi connectivity index (χ0v) is 9.14. The Morgan fingerprint density at radius 1 is 1.73 bits per heavy atom. The van der Waals surface area contributed by atoms with Gasteiger partial charge in [0.05, 0.1) is 18.8 Å². The van der Waals surface area contributed by atoms with Gasteiger partial charge in [-0.25, -0.2) is 10.1 Å². The SMILES string of the molecule is CNC(=N[N+](=O)[O-])N(C)C1COC(C)C1. The molecular weight excluding hydrogens is 200 g/mol. The lowest BCUT2D eigenvalue weighted by atomic mass is 10.2. The van der Waals surface area contributed by atoms with Gasteiger partial charge >= 0.3 is 0 Å². The van der Waals surface area contributed by atoms with Gasteiger partial charge in [-0.2, -0.15) is 0 Å². The summed E-state index contributed by atoms with van der Waals surface area (Å²) in [5, 5.41) is 15.5. The van der Waals surface area contributed by atoms with Gasteiger partial charge in [-0.3, -0.25) is 0 Å². The highest BCUT2D eigenvalue weighted by Gasteiger charge is 2.28. The number of nitrogens with one attached hydrogen (secondary N) is 1. The number of nitro groups is 1. The van der Waals surface area contributed by atoms with Gasteiger partial charge in [0, 0.05) is 14.1 Å². The highest BCUT2D eigenvalue weighted by atomic mass is 16.7. The molecular formula is C8H16N4O3. The van der Waals surface area contributed by atoms with Crippen molar-refractivity contribution in [2.45, 2.75) is 25.5 Å². The molecule has 0 saturated carbocycles. The summed E-state index contributed by atoms with van der Waals surface area (Å²) in [6.45, 7) is 2.56. The van der Waals surface area contributed by atoms with Crippen LogP contribution in [0.3, 0.4) is 0 Å². The third-order valence-corrected chi connectivity index (χ3v) is 2.46. The summed E-state index contributed by atoms with van der Waals surface area (Å²) in [5.41, 5.74) is 0. The van der Waals surface area contributed by atoms with Crippen LogP contribution in [-0.4, -0.2) is 48.7 Å². The molecule has 0 bridgehead atoms. The van der Waals surface area contributed by atoms with E-state index in [1.54, 1.807) is 19.0 Å².